The van der Waals surface area contributed by atoms with Gasteiger partial charge in [-0.15, -0.1) is 0 Å². The van der Waals surface area contributed by atoms with Crippen LogP contribution in [0.3, 0.4) is 0 Å². The SMILES string of the molecule is COc1ccc(CN(C(=O)c2cccc(=O)[nH]2)C(C)CO)cc1. The van der Waals surface area contributed by atoms with Crippen molar-refractivity contribution in [3.63, 3.8) is 0 Å². The average molecular weight is 316 g/mol. The minimum absolute atomic E-state index is 0.168. The van der Waals surface area contributed by atoms with Crippen LogP contribution in [0.15, 0.2) is 47.3 Å². The van der Waals surface area contributed by atoms with Crippen LogP contribution in [0.5, 0.6) is 5.75 Å². The van der Waals surface area contributed by atoms with Crippen LogP contribution in [0.25, 0.3) is 0 Å². The van der Waals surface area contributed by atoms with Gasteiger partial charge in [0, 0.05) is 12.6 Å². The lowest BCUT2D eigenvalue weighted by Crippen LogP contribution is -2.41. The molecule has 0 aliphatic heterocycles. The van der Waals surface area contributed by atoms with E-state index in [-0.39, 0.29) is 29.8 Å². The second-order valence-corrected chi connectivity index (χ2v) is 5.24. The predicted molar refractivity (Wildman–Crippen MR) is 86.5 cm³/mol. The normalized spacial score (nSPS) is 11.8. The molecule has 0 spiro atoms. The van der Waals surface area contributed by atoms with Crippen molar-refractivity contribution in [3.8, 4) is 5.75 Å². The van der Waals surface area contributed by atoms with Gasteiger partial charge in [-0.3, -0.25) is 9.59 Å². The number of aliphatic hydroxyl groups is 1. The van der Waals surface area contributed by atoms with Gasteiger partial charge in [-0.2, -0.15) is 0 Å². The molecule has 0 fully saturated rings. The standard InChI is InChI=1S/C17H20N2O4/c1-12(11-20)19(10-13-6-8-14(23-2)9-7-13)17(22)15-4-3-5-16(21)18-15/h3-9,12,20H,10-11H2,1-2H3,(H,18,21). The van der Waals surface area contributed by atoms with Crippen LogP contribution in [0.1, 0.15) is 23.0 Å². The van der Waals surface area contributed by atoms with E-state index in [1.165, 1.54) is 17.0 Å². The van der Waals surface area contributed by atoms with Gasteiger partial charge in [0.1, 0.15) is 11.4 Å². The molecule has 1 amide bonds. The molecule has 0 aliphatic rings. The van der Waals surface area contributed by atoms with Crippen molar-refractivity contribution in [1.82, 2.24) is 9.88 Å². The van der Waals surface area contributed by atoms with E-state index >= 15 is 0 Å². The highest BCUT2D eigenvalue weighted by molar-refractivity contribution is 5.92. The van der Waals surface area contributed by atoms with Crippen LogP contribution >= 0.6 is 0 Å². The van der Waals surface area contributed by atoms with E-state index in [9.17, 15) is 14.7 Å². The van der Waals surface area contributed by atoms with E-state index in [1.54, 1.807) is 20.1 Å². The monoisotopic (exact) mass is 316 g/mol. The summed E-state index contributed by atoms with van der Waals surface area (Å²) >= 11 is 0. The lowest BCUT2D eigenvalue weighted by Gasteiger charge is -2.28. The minimum Gasteiger partial charge on any atom is -0.497 e. The second kappa shape index (κ2) is 7.60. The number of aliphatic hydroxyl groups excluding tert-OH is 1. The molecule has 1 atom stereocenters. The smallest absolute Gasteiger partial charge is 0.270 e. The molecular formula is C17H20N2O4. The third kappa shape index (κ3) is 4.20. The fourth-order valence-electron chi connectivity index (χ4n) is 2.18. The summed E-state index contributed by atoms with van der Waals surface area (Å²) in [5.41, 5.74) is 0.765. The van der Waals surface area contributed by atoms with E-state index < -0.39 is 0 Å². The molecule has 1 heterocycles. The number of carbonyl (C=O) groups is 1. The highest BCUT2D eigenvalue weighted by atomic mass is 16.5. The number of carbonyl (C=O) groups excluding carboxylic acids is 1. The van der Waals surface area contributed by atoms with Crippen molar-refractivity contribution in [2.24, 2.45) is 0 Å². The van der Waals surface area contributed by atoms with Gasteiger partial charge in [0.2, 0.25) is 5.56 Å². The zero-order chi connectivity index (χ0) is 16.8. The Bertz CT molecular complexity index is 709. The van der Waals surface area contributed by atoms with E-state index in [4.69, 9.17) is 4.74 Å². The number of hydrogen-bond acceptors (Lipinski definition) is 4. The predicted octanol–water partition coefficient (Wildman–Crippen LogP) is 1.41. The molecule has 23 heavy (non-hydrogen) atoms. The number of benzene rings is 1. The Morgan fingerprint density at radius 2 is 1.96 bits per heavy atom. The van der Waals surface area contributed by atoms with E-state index in [0.717, 1.165) is 11.3 Å². The Kier molecular flexibility index (Phi) is 5.54. The van der Waals surface area contributed by atoms with Gasteiger partial charge >= 0.3 is 0 Å². The summed E-state index contributed by atoms with van der Waals surface area (Å²) in [4.78, 5) is 28.1. The Labute approximate surface area is 134 Å². The molecule has 1 aromatic heterocycles. The van der Waals surface area contributed by atoms with Crippen molar-refractivity contribution in [2.45, 2.75) is 19.5 Å². The van der Waals surface area contributed by atoms with Crippen LogP contribution in [0, 0.1) is 0 Å². The average Bonchev–Trinajstić information content (AvgIpc) is 2.59. The fourth-order valence-corrected chi connectivity index (χ4v) is 2.18. The van der Waals surface area contributed by atoms with Gasteiger partial charge in [-0.25, -0.2) is 0 Å². The first kappa shape index (κ1) is 16.8. The molecule has 2 N–H and O–H groups in total. The number of aromatic nitrogens is 1. The molecule has 6 heteroatoms. The van der Waals surface area contributed by atoms with Crippen LogP contribution in [-0.2, 0) is 6.54 Å². The Hall–Kier alpha value is -2.60. The van der Waals surface area contributed by atoms with Crippen LogP contribution < -0.4 is 10.3 Å². The quantitative estimate of drug-likeness (QED) is 0.844. The maximum Gasteiger partial charge on any atom is 0.270 e. The molecule has 2 rings (SSSR count). The molecule has 0 aliphatic carbocycles. The summed E-state index contributed by atoms with van der Waals surface area (Å²) in [5.74, 6) is 0.397. The number of nitrogens with one attached hydrogen (secondary N) is 1. The van der Waals surface area contributed by atoms with Crippen molar-refractivity contribution < 1.29 is 14.6 Å². The zero-order valence-electron chi connectivity index (χ0n) is 13.2. The van der Waals surface area contributed by atoms with E-state index in [1.807, 2.05) is 24.3 Å². The first-order valence-electron chi connectivity index (χ1n) is 7.29. The molecule has 122 valence electrons. The largest absolute Gasteiger partial charge is 0.497 e. The topological polar surface area (TPSA) is 82.6 Å². The zero-order valence-corrected chi connectivity index (χ0v) is 13.2. The van der Waals surface area contributed by atoms with Crippen molar-refractivity contribution in [3.05, 3.63) is 64.1 Å². The van der Waals surface area contributed by atoms with Crippen molar-refractivity contribution >= 4 is 5.91 Å². The summed E-state index contributed by atoms with van der Waals surface area (Å²) in [6.45, 7) is 1.91. The van der Waals surface area contributed by atoms with Crippen LogP contribution in [-0.4, -0.2) is 40.7 Å². The van der Waals surface area contributed by atoms with Crippen molar-refractivity contribution in [1.29, 1.82) is 0 Å². The number of nitrogens with zero attached hydrogens (tertiary/aromatic N) is 1. The molecule has 0 radical (unpaired) electrons. The van der Waals surface area contributed by atoms with E-state index in [2.05, 4.69) is 4.98 Å². The van der Waals surface area contributed by atoms with Gasteiger partial charge in [-0.1, -0.05) is 18.2 Å². The molecule has 0 bridgehead atoms. The number of pyridine rings is 1. The summed E-state index contributed by atoms with van der Waals surface area (Å²) in [7, 11) is 1.59. The highest BCUT2D eigenvalue weighted by Crippen LogP contribution is 2.16. The number of amides is 1. The van der Waals surface area contributed by atoms with Gasteiger partial charge in [0.05, 0.1) is 19.8 Å². The maximum absolute atomic E-state index is 12.6. The Morgan fingerprint density at radius 3 is 2.52 bits per heavy atom. The van der Waals surface area contributed by atoms with Crippen LogP contribution in [0.2, 0.25) is 0 Å². The number of H-pyrrole nitrogens is 1. The number of aromatic amines is 1. The molecule has 0 saturated heterocycles. The lowest BCUT2D eigenvalue weighted by atomic mass is 10.1. The van der Waals surface area contributed by atoms with Gasteiger partial charge in [0.25, 0.3) is 5.91 Å². The first-order valence-corrected chi connectivity index (χ1v) is 7.29. The Morgan fingerprint density at radius 1 is 1.26 bits per heavy atom. The van der Waals surface area contributed by atoms with Crippen LogP contribution in [0.4, 0.5) is 0 Å². The first-order chi connectivity index (χ1) is 11.0. The second-order valence-electron chi connectivity index (χ2n) is 5.24. The molecule has 0 saturated carbocycles. The summed E-state index contributed by atoms with van der Waals surface area (Å²) in [5, 5.41) is 9.43. The Balaban J connectivity index is 2.25. The minimum atomic E-state index is -0.381. The van der Waals surface area contributed by atoms with Gasteiger partial charge in [-0.05, 0) is 30.7 Å². The molecule has 1 unspecified atom stereocenters. The van der Waals surface area contributed by atoms with Gasteiger partial charge < -0.3 is 19.7 Å². The van der Waals surface area contributed by atoms with Gasteiger partial charge in [0.15, 0.2) is 0 Å². The molecular weight excluding hydrogens is 296 g/mol. The molecule has 6 nitrogen and oxygen atoms in total. The summed E-state index contributed by atoms with van der Waals surface area (Å²) in [6, 6.07) is 11.4. The number of methoxy groups -OCH3 is 1. The highest BCUT2D eigenvalue weighted by Gasteiger charge is 2.22. The molecule has 2 aromatic rings. The maximum atomic E-state index is 12.6. The lowest BCUT2D eigenvalue weighted by molar-refractivity contribution is 0.0592. The number of hydrogen-bond donors (Lipinski definition) is 2. The summed E-state index contributed by atoms with van der Waals surface area (Å²) < 4.78 is 5.11. The van der Waals surface area contributed by atoms with E-state index in [0.29, 0.717) is 6.54 Å². The third-order valence-corrected chi connectivity index (χ3v) is 3.57. The van der Waals surface area contributed by atoms with Crippen molar-refractivity contribution in [2.75, 3.05) is 13.7 Å². The number of ether oxygens (including phenoxy) is 1. The third-order valence-electron chi connectivity index (χ3n) is 3.57. The number of rotatable bonds is 6. The summed E-state index contributed by atoms with van der Waals surface area (Å²) in [6.07, 6.45) is 0. The molecule has 1 aromatic carbocycles. The fraction of sp³-hybridized carbons (Fsp3) is 0.294.